The van der Waals surface area contributed by atoms with Crippen LogP contribution in [0.2, 0.25) is 0 Å². The van der Waals surface area contributed by atoms with E-state index in [1.54, 1.807) is 6.07 Å². The largest absolute Gasteiger partial charge is 0.489 e. The van der Waals surface area contributed by atoms with Crippen LogP contribution in [0.25, 0.3) is 0 Å². The van der Waals surface area contributed by atoms with Crippen LogP contribution in [0, 0.1) is 6.92 Å². The van der Waals surface area contributed by atoms with Gasteiger partial charge in [0.15, 0.2) is 5.76 Å². The van der Waals surface area contributed by atoms with Crippen molar-refractivity contribution in [2.75, 3.05) is 6.61 Å². The van der Waals surface area contributed by atoms with Gasteiger partial charge in [-0.25, -0.2) is 4.98 Å². The molecule has 0 spiro atoms. The Kier molecular flexibility index (Phi) is 2.31. The smallest absolute Gasteiger partial charge is 0.245 e. The van der Waals surface area contributed by atoms with Crippen LogP contribution >= 0.6 is 0 Å². The molecule has 72 valence electrons. The SMILES string of the molecule is Cc1cccc(C(=O)C2=CCCO2)n1. The predicted octanol–water partition coefficient (Wildman–Crippen LogP) is 1.88. The van der Waals surface area contributed by atoms with E-state index in [9.17, 15) is 4.79 Å². The second-order valence-electron chi connectivity index (χ2n) is 3.20. The maximum Gasteiger partial charge on any atom is 0.245 e. The highest BCUT2D eigenvalue weighted by atomic mass is 16.5. The molecule has 14 heavy (non-hydrogen) atoms. The average Bonchev–Trinajstić information content (AvgIpc) is 2.69. The normalized spacial score (nSPS) is 14.8. The fourth-order valence-corrected chi connectivity index (χ4v) is 1.37. The van der Waals surface area contributed by atoms with E-state index in [0.29, 0.717) is 18.1 Å². The summed E-state index contributed by atoms with van der Waals surface area (Å²) >= 11 is 0. The monoisotopic (exact) mass is 189 g/mol. The topological polar surface area (TPSA) is 39.2 Å². The highest BCUT2D eigenvalue weighted by Crippen LogP contribution is 2.14. The molecule has 3 heteroatoms. The third kappa shape index (κ3) is 1.66. The molecule has 1 aliphatic rings. The van der Waals surface area contributed by atoms with Gasteiger partial charge in [0.1, 0.15) is 5.69 Å². The fraction of sp³-hybridized carbons (Fsp3) is 0.273. The summed E-state index contributed by atoms with van der Waals surface area (Å²) in [4.78, 5) is 15.9. The molecule has 0 radical (unpaired) electrons. The molecule has 0 N–H and O–H groups in total. The number of allylic oxidation sites excluding steroid dienone is 1. The first-order valence-electron chi connectivity index (χ1n) is 4.59. The summed E-state index contributed by atoms with van der Waals surface area (Å²) in [5.74, 6) is 0.314. The van der Waals surface area contributed by atoms with E-state index in [1.165, 1.54) is 0 Å². The fourth-order valence-electron chi connectivity index (χ4n) is 1.37. The summed E-state index contributed by atoms with van der Waals surface area (Å²) in [7, 11) is 0. The van der Waals surface area contributed by atoms with E-state index < -0.39 is 0 Å². The zero-order valence-corrected chi connectivity index (χ0v) is 7.99. The molecular formula is C11H11NO2. The van der Waals surface area contributed by atoms with Gasteiger partial charge in [-0.2, -0.15) is 0 Å². The Labute approximate surface area is 82.4 Å². The van der Waals surface area contributed by atoms with Crippen molar-refractivity contribution in [2.45, 2.75) is 13.3 Å². The van der Waals surface area contributed by atoms with Gasteiger partial charge in [0.05, 0.1) is 6.61 Å². The second kappa shape index (κ2) is 3.62. The van der Waals surface area contributed by atoms with Crippen LogP contribution in [-0.2, 0) is 4.74 Å². The van der Waals surface area contributed by atoms with E-state index in [-0.39, 0.29) is 5.78 Å². The van der Waals surface area contributed by atoms with Crippen LogP contribution in [-0.4, -0.2) is 17.4 Å². The molecule has 1 aromatic heterocycles. The van der Waals surface area contributed by atoms with E-state index in [1.807, 2.05) is 25.1 Å². The Morgan fingerprint density at radius 2 is 2.36 bits per heavy atom. The van der Waals surface area contributed by atoms with Crippen molar-refractivity contribution in [1.29, 1.82) is 0 Å². The average molecular weight is 189 g/mol. The summed E-state index contributed by atoms with van der Waals surface area (Å²) in [6.45, 7) is 2.47. The predicted molar refractivity (Wildman–Crippen MR) is 52.0 cm³/mol. The van der Waals surface area contributed by atoms with E-state index in [0.717, 1.165) is 12.1 Å². The summed E-state index contributed by atoms with van der Waals surface area (Å²) in [5, 5.41) is 0. The molecular weight excluding hydrogens is 178 g/mol. The van der Waals surface area contributed by atoms with Crippen LogP contribution in [0.5, 0.6) is 0 Å². The maximum absolute atomic E-state index is 11.7. The third-order valence-electron chi connectivity index (χ3n) is 2.05. The molecule has 0 fully saturated rings. The molecule has 1 aliphatic heterocycles. The number of carbonyl (C=O) groups excluding carboxylic acids is 1. The number of aryl methyl sites for hydroxylation is 1. The Hall–Kier alpha value is -1.64. The lowest BCUT2D eigenvalue weighted by Crippen LogP contribution is -2.06. The maximum atomic E-state index is 11.7. The molecule has 0 atom stereocenters. The molecule has 0 saturated heterocycles. The first kappa shape index (κ1) is 8.94. The van der Waals surface area contributed by atoms with Gasteiger partial charge < -0.3 is 4.74 Å². The zero-order chi connectivity index (χ0) is 9.97. The van der Waals surface area contributed by atoms with Gasteiger partial charge in [0.2, 0.25) is 5.78 Å². The van der Waals surface area contributed by atoms with Crippen molar-refractivity contribution in [3.63, 3.8) is 0 Å². The highest BCUT2D eigenvalue weighted by Gasteiger charge is 2.17. The van der Waals surface area contributed by atoms with Crippen LogP contribution in [0.4, 0.5) is 0 Å². The number of ketones is 1. The Bertz CT molecular complexity index is 396. The number of hydrogen-bond donors (Lipinski definition) is 0. The number of nitrogens with zero attached hydrogens (tertiary/aromatic N) is 1. The summed E-state index contributed by atoms with van der Waals surface area (Å²) in [5.41, 5.74) is 1.30. The molecule has 0 aromatic carbocycles. The van der Waals surface area contributed by atoms with E-state index >= 15 is 0 Å². The lowest BCUT2D eigenvalue weighted by molar-refractivity contribution is 0.0937. The number of pyridine rings is 1. The number of rotatable bonds is 2. The zero-order valence-electron chi connectivity index (χ0n) is 7.99. The molecule has 0 unspecified atom stereocenters. The van der Waals surface area contributed by atoms with Crippen molar-refractivity contribution in [2.24, 2.45) is 0 Å². The third-order valence-corrected chi connectivity index (χ3v) is 2.05. The Balaban J connectivity index is 2.27. The van der Waals surface area contributed by atoms with Crippen molar-refractivity contribution < 1.29 is 9.53 Å². The quantitative estimate of drug-likeness (QED) is 0.667. The first-order chi connectivity index (χ1) is 6.77. The van der Waals surface area contributed by atoms with Gasteiger partial charge >= 0.3 is 0 Å². The van der Waals surface area contributed by atoms with Gasteiger partial charge in [-0.05, 0) is 25.1 Å². The molecule has 2 heterocycles. The molecule has 0 amide bonds. The van der Waals surface area contributed by atoms with Gasteiger partial charge in [-0.1, -0.05) is 6.07 Å². The minimum Gasteiger partial charge on any atom is -0.489 e. The minimum atomic E-state index is -0.119. The number of hydrogen-bond acceptors (Lipinski definition) is 3. The minimum absolute atomic E-state index is 0.119. The summed E-state index contributed by atoms with van der Waals surface area (Å²) in [6, 6.07) is 5.39. The summed E-state index contributed by atoms with van der Waals surface area (Å²) < 4.78 is 5.18. The number of carbonyl (C=O) groups is 1. The van der Waals surface area contributed by atoms with E-state index in [2.05, 4.69) is 4.98 Å². The number of Topliss-reactive ketones (excluding diaryl/α,β-unsaturated/α-hetero) is 1. The molecule has 1 aromatic rings. The van der Waals surface area contributed by atoms with Gasteiger partial charge in [0.25, 0.3) is 0 Å². The number of ether oxygens (including phenoxy) is 1. The van der Waals surface area contributed by atoms with Crippen LogP contribution in [0.15, 0.2) is 30.0 Å². The Morgan fingerprint density at radius 1 is 1.50 bits per heavy atom. The first-order valence-corrected chi connectivity index (χ1v) is 4.59. The standard InChI is InChI=1S/C11H11NO2/c1-8-4-2-5-9(12-8)11(13)10-6-3-7-14-10/h2,4-6H,3,7H2,1H3. The van der Waals surface area contributed by atoms with Crippen molar-refractivity contribution in [3.8, 4) is 0 Å². The van der Waals surface area contributed by atoms with Gasteiger partial charge in [-0.3, -0.25) is 4.79 Å². The molecule has 2 rings (SSSR count). The molecule has 0 bridgehead atoms. The van der Waals surface area contributed by atoms with Crippen molar-refractivity contribution >= 4 is 5.78 Å². The highest BCUT2D eigenvalue weighted by molar-refractivity contribution is 6.06. The van der Waals surface area contributed by atoms with Crippen LogP contribution < -0.4 is 0 Å². The van der Waals surface area contributed by atoms with Crippen LogP contribution in [0.3, 0.4) is 0 Å². The molecule has 0 saturated carbocycles. The van der Waals surface area contributed by atoms with Gasteiger partial charge in [-0.15, -0.1) is 0 Å². The lowest BCUT2D eigenvalue weighted by Gasteiger charge is -2.02. The van der Waals surface area contributed by atoms with Crippen LogP contribution in [0.1, 0.15) is 22.6 Å². The molecule has 3 nitrogen and oxygen atoms in total. The Morgan fingerprint density at radius 3 is 3.00 bits per heavy atom. The molecule has 0 aliphatic carbocycles. The van der Waals surface area contributed by atoms with Crippen molar-refractivity contribution in [1.82, 2.24) is 4.98 Å². The van der Waals surface area contributed by atoms with Crippen molar-refractivity contribution in [3.05, 3.63) is 41.4 Å². The lowest BCUT2D eigenvalue weighted by atomic mass is 10.2. The summed E-state index contributed by atoms with van der Waals surface area (Å²) in [6.07, 6.45) is 2.62. The second-order valence-corrected chi connectivity index (χ2v) is 3.20. The number of aromatic nitrogens is 1. The van der Waals surface area contributed by atoms with Gasteiger partial charge in [0, 0.05) is 12.1 Å². The van der Waals surface area contributed by atoms with E-state index in [4.69, 9.17) is 4.74 Å².